The van der Waals surface area contributed by atoms with Crippen LogP contribution in [0.4, 0.5) is 0 Å². The molecule has 1 aromatic heterocycles. The van der Waals surface area contributed by atoms with Crippen molar-refractivity contribution >= 4 is 11.0 Å². The minimum absolute atomic E-state index is 0.0900. The van der Waals surface area contributed by atoms with E-state index >= 15 is 0 Å². The minimum Gasteiger partial charge on any atom is -0.490 e. The van der Waals surface area contributed by atoms with E-state index in [1.807, 2.05) is 18.2 Å². The Kier molecular flexibility index (Phi) is 11.7. The summed E-state index contributed by atoms with van der Waals surface area (Å²) in [4.78, 5) is 12.5. The van der Waals surface area contributed by atoms with E-state index in [2.05, 4.69) is 26.0 Å². The van der Waals surface area contributed by atoms with Gasteiger partial charge in [0, 0.05) is 0 Å². The summed E-state index contributed by atoms with van der Waals surface area (Å²) in [5, 5.41) is 0.685. The summed E-state index contributed by atoms with van der Waals surface area (Å²) in [7, 11) is 1.45. The molecular weight excluding hydrogens is 392 g/mol. The lowest BCUT2D eigenvalue weighted by Crippen LogP contribution is -2.09. The van der Waals surface area contributed by atoms with Crippen molar-refractivity contribution in [2.24, 2.45) is 0 Å². The van der Waals surface area contributed by atoms with Crippen LogP contribution in [0.2, 0.25) is 0 Å². The smallest absolute Gasteiger partial charge is 0.383 e. The normalized spacial score (nSPS) is 11.3. The van der Waals surface area contributed by atoms with Crippen LogP contribution in [0.5, 0.6) is 17.2 Å². The van der Waals surface area contributed by atoms with Crippen molar-refractivity contribution in [3.8, 4) is 17.2 Å². The average molecular weight is 431 g/mol. The molecule has 0 N–H and O–H groups in total. The number of ether oxygens (including phenoxy) is 3. The highest BCUT2D eigenvalue weighted by Gasteiger charge is 2.19. The number of rotatable bonds is 16. The molecule has 0 saturated carbocycles. The summed E-state index contributed by atoms with van der Waals surface area (Å²) in [6.45, 7) is 5.38. The summed E-state index contributed by atoms with van der Waals surface area (Å²) in [5.41, 5.74) is -0.149. The zero-order chi connectivity index (χ0) is 22.3. The van der Waals surface area contributed by atoms with Crippen LogP contribution in [-0.4, -0.2) is 20.3 Å². The standard InChI is InChI=1S/C26H38O5/c1-4-6-8-10-11-12-13-15-19-29-22-18-16-17-21-23(22)31-26(27)25(28-3)24(21)30-20-14-9-7-5-2/h7,9,16-18H,4-6,8,10-15,19-20H2,1-3H3/b9-7+. The maximum absolute atomic E-state index is 12.5. The molecule has 0 unspecified atom stereocenters. The predicted molar refractivity (Wildman–Crippen MR) is 127 cm³/mol. The largest absolute Gasteiger partial charge is 0.490 e. The maximum Gasteiger partial charge on any atom is 0.383 e. The number of para-hydroxylation sites is 1. The lowest BCUT2D eigenvalue weighted by atomic mass is 10.1. The number of benzene rings is 1. The van der Waals surface area contributed by atoms with E-state index in [1.165, 1.54) is 45.6 Å². The molecule has 2 aromatic rings. The molecule has 0 aliphatic rings. The minimum atomic E-state index is -0.558. The summed E-state index contributed by atoms with van der Waals surface area (Å²) in [6.07, 6.45) is 15.8. The number of methoxy groups -OCH3 is 1. The second-order valence-corrected chi connectivity index (χ2v) is 7.72. The molecule has 1 heterocycles. The van der Waals surface area contributed by atoms with Crippen molar-refractivity contribution in [1.29, 1.82) is 0 Å². The topological polar surface area (TPSA) is 57.9 Å². The molecule has 172 valence electrons. The summed E-state index contributed by atoms with van der Waals surface area (Å²) in [5.74, 6) is 1.07. The highest BCUT2D eigenvalue weighted by Crippen LogP contribution is 2.36. The highest BCUT2D eigenvalue weighted by atomic mass is 16.5. The fourth-order valence-electron chi connectivity index (χ4n) is 3.52. The van der Waals surface area contributed by atoms with Crippen molar-refractivity contribution in [1.82, 2.24) is 0 Å². The number of hydrogen-bond donors (Lipinski definition) is 0. The Morgan fingerprint density at radius 1 is 0.871 bits per heavy atom. The first-order valence-corrected chi connectivity index (χ1v) is 11.8. The third-order valence-electron chi connectivity index (χ3n) is 5.20. The molecule has 31 heavy (non-hydrogen) atoms. The van der Waals surface area contributed by atoms with Gasteiger partial charge < -0.3 is 18.6 Å². The van der Waals surface area contributed by atoms with Gasteiger partial charge in [-0.15, -0.1) is 0 Å². The fraction of sp³-hybridized carbons (Fsp3) is 0.577. The van der Waals surface area contributed by atoms with E-state index in [1.54, 1.807) is 0 Å². The number of fused-ring (bicyclic) bond motifs is 1. The molecule has 0 spiro atoms. The van der Waals surface area contributed by atoms with Crippen LogP contribution in [0.3, 0.4) is 0 Å². The highest BCUT2D eigenvalue weighted by molar-refractivity contribution is 5.89. The van der Waals surface area contributed by atoms with Gasteiger partial charge in [0.1, 0.15) is 0 Å². The molecule has 5 heteroatoms. The zero-order valence-electron chi connectivity index (χ0n) is 19.4. The Hall–Kier alpha value is -2.43. The third-order valence-corrected chi connectivity index (χ3v) is 5.20. The van der Waals surface area contributed by atoms with Crippen molar-refractivity contribution in [2.45, 2.75) is 78.1 Å². The first kappa shape index (κ1) is 24.8. The van der Waals surface area contributed by atoms with Crippen LogP contribution < -0.4 is 19.8 Å². The van der Waals surface area contributed by atoms with Crippen LogP contribution in [-0.2, 0) is 0 Å². The summed E-state index contributed by atoms with van der Waals surface area (Å²) >= 11 is 0. The molecule has 5 nitrogen and oxygen atoms in total. The van der Waals surface area contributed by atoms with Crippen LogP contribution in [0.1, 0.15) is 78.1 Å². The molecule has 1 aromatic carbocycles. The molecule has 0 amide bonds. The van der Waals surface area contributed by atoms with Gasteiger partial charge in [0.2, 0.25) is 5.75 Å². The van der Waals surface area contributed by atoms with Crippen molar-refractivity contribution in [2.75, 3.05) is 20.3 Å². The lowest BCUT2D eigenvalue weighted by Gasteiger charge is -2.13. The van der Waals surface area contributed by atoms with Crippen LogP contribution in [0, 0.1) is 0 Å². The molecule has 0 aliphatic heterocycles. The van der Waals surface area contributed by atoms with Crippen LogP contribution in [0.15, 0.2) is 39.6 Å². The molecular formula is C26H38O5. The molecule has 0 aliphatic carbocycles. The predicted octanol–water partition coefficient (Wildman–Crippen LogP) is 7.06. The number of allylic oxidation sites excluding steroid dienone is 1. The molecule has 0 bridgehead atoms. The third kappa shape index (κ3) is 7.97. The van der Waals surface area contributed by atoms with E-state index in [4.69, 9.17) is 18.6 Å². The van der Waals surface area contributed by atoms with E-state index < -0.39 is 5.63 Å². The van der Waals surface area contributed by atoms with E-state index in [0.717, 1.165) is 25.7 Å². The second kappa shape index (κ2) is 14.6. The maximum atomic E-state index is 12.5. The van der Waals surface area contributed by atoms with Gasteiger partial charge in [-0.3, -0.25) is 0 Å². The van der Waals surface area contributed by atoms with Gasteiger partial charge in [-0.05, 0) is 31.4 Å². The molecule has 0 atom stereocenters. The van der Waals surface area contributed by atoms with E-state index in [9.17, 15) is 4.79 Å². The zero-order valence-corrected chi connectivity index (χ0v) is 19.4. The van der Waals surface area contributed by atoms with Gasteiger partial charge in [-0.1, -0.05) is 77.0 Å². The lowest BCUT2D eigenvalue weighted by molar-refractivity contribution is 0.287. The Morgan fingerprint density at radius 3 is 2.32 bits per heavy atom. The first-order valence-electron chi connectivity index (χ1n) is 11.8. The molecule has 2 rings (SSSR count). The van der Waals surface area contributed by atoms with Gasteiger partial charge in [-0.25, -0.2) is 4.79 Å². The first-order chi connectivity index (χ1) is 15.2. The van der Waals surface area contributed by atoms with Gasteiger partial charge in [-0.2, -0.15) is 0 Å². The van der Waals surface area contributed by atoms with Gasteiger partial charge >= 0.3 is 5.63 Å². The van der Waals surface area contributed by atoms with E-state index in [0.29, 0.717) is 35.7 Å². The van der Waals surface area contributed by atoms with Crippen molar-refractivity contribution < 1.29 is 18.6 Å². The molecule has 0 radical (unpaired) electrons. The monoisotopic (exact) mass is 430 g/mol. The van der Waals surface area contributed by atoms with Gasteiger partial charge in [0.05, 0.1) is 25.7 Å². The van der Waals surface area contributed by atoms with Crippen molar-refractivity contribution in [3.05, 3.63) is 40.8 Å². The fourth-order valence-corrected chi connectivity index (χ4v) is 3.52. The molecule has 0 fully saturated rings. The SMILES string of the molecule is CC/C=C/CCOc1c(OC)c(=O)oc2c(OCCCCCCCCCC)cccc12. The Balaban J connectivity index is 2.01. The second-order valence-electron chi connectivity index (χ2n) is 7.72. The Labute approximate surface area is 186 Å². The molecule has 0 saturated heterocycles. The van der Waals surface area contributed by atoms with Crippen LogP contribution in [0.25, 0.3) is 11.0 Å². The summed E-state index contributed by atoms with van der Waals surface area (Å²) in [6, 6.07) is 5.58. The Morgan fingerprint density at radius 2 is 1.61 bits per heavy atom. The number of unbranched alkanes of at least 4 members (excludes halogenated alkanes) is 7. The summed E-state index contributed by atoms with van der Waals surface area (Å²) < 4.78 is 22.7. The van der Waals surface area contributed by atoms with Crippen LogP contribution >= 0.6 is 0 Å². The van der Waals surface area contributed by atoms with E-state index in [-0.39, 0.29) is 5.75 Å². The quantitative estimate of drug-likeness (QED) is 0.162. The van der Waals surface area contributed by atoms with Gasteiger partial charge in [0.15, 0.2) is 17.1 Å². The number of hydrogen-bond acceptors (Lipinski definition) is 5. The van der Waals surface area contributed by atoms with Gasteiger partial charge in [0.25, 0.3) is 0 Å². The Bertz CT molecular complexity index is 853. The average Bonchev–Trinajstić information content (AvgIpc) is 2.78. The van der Waals surface area contributed by atoms with Crippen molar-refractivity contribution in [3.63, 3.8) is 0 Å².